The van der Waals surface area contributed by atoms with Crippen molar-refractivity contribution in [3.05, 3.63) is 53.9 Å². The van der Waals surface area contributed by atoms with Crippen molar-refractivity contribution < 1.29 is 9.53 Å². The van der Waals surface area contributed by atoms with Crippen molar-refractivity contribution in [2.45, 2.75) is 76.5 Å². The number of piperidine rings is 1. The molecule has 4 rings (SSSR count). The van der Waals surface area contributed by atoms with Crippen molar-refractivity contribution in [3.63, 3.8) is 0 Å². The van der Waals surface area contributed by atoms with Gasteiger partial charge in [-0.1, -0.05) is 31.4 Å². The SMILES string of the molecule is C[C@H]1CCC[C@@](C)(CCCCCN2C(=O)C(c3ccnc(C(=N)N)c3)Oc3ccccc32)N1. The summed E-state index contributed by atoms with van der Waals surface area (Å²) in [5, 5.41) is 11.4. The molecule has 7 heteroatoms. The Bertz CT molecular complexity index is 1010. The van der Waals surface area contributed by atoms with Crippen molar-refractivity contribution in [2.75, 3.05) is 11.4 Å². The number of nitrogen functional groups attached to an aromatic ring is 1. The van der Waals surface area contributed by atoms with Gasteiger partial charge in [-0.2, -0.15) is 0 Å². The minimum Gasteiger partial charge on any atom is -0.474 e. The van der Waals surface area contributed by atoms with Crippen LogP contribution in [0.4, 0.5) is 5.69 Å². The highest BCUT2D eigenvalue weighted by Crippen LogP contribution is 2.39. The topological polar surface area (TPSA) is 104 Å². The van der Waals surface area contributed by atoms with Crippen LogP contribution in [0.15, 0.2) is 42.6 Å². The lowest BCUT2D eigenvalue weighted by atomic mass is 9.84. The number of hydrogen-bond donors (Lipinski definition) is 3. The summed E-state index contributed by atoms with van der Waals surface area (Å²) in [6.07, 6.45) is 8.92. The molecule has 1 unspecified atom stereocenters. The Kier molecular flexibility index (Phi) is 6.98. The third-order valence-electron chi connectivity index (χ3n) is 6.82. The first-order valence-corrected chi connectivity index (χ1v) is 12.0. The molecular weight excluding hydrogens is 414 g/mol. The maximum atomic E-state index is 13.5. The van der Waals surface area contributed by atoms with E-state index in [1.54, 1.807) is 18.3 Å². The Balaban J connectivity index is 1.42. The number of aromatic nitrogens is 1. The Labute approximate surface area is 196 Å². The fourth-order valence-electron chi connectivity index (χ4n) is 5.11. The number of nitrogens with two attached hydrogens (primary N) is 1. The van der Waals surface area contributed by atoms with Crippen molar-refractivity contribution in [1.82, 2.24) is 10.3 Å². The fraction of sp³-hybridized carbons (Fsp3) is 0.500. The van der Waals surface area contributed by atoms with E-state index in [1.165, 1.54) is 25.7 Å². The van der Waals surface area contributed by atoms with E-state index in [2.05, 4.69) is 24.1 Å². The van der Waals surface area contributed by atoms with Crippen molar-refractivity contribution >= 4 is 17.4 Å². The van der Waals surface area contributed by atoms with Crippen LogP contribution >= 0.6 is 0 Å². The highest BCUT2D eigenvalue weighted by molar-refractivity contribution is 6.01. The number of unbranched alkanes of at least 4 members (excludes halogenated alkanes) is 2. The standard InChI is InChI=1S/C26H35N5O2/c1-18-9-8-14-26(2,30-18)13-6-3-7-16-31-21-10-4-5-11-22(21)33-23(25(31)32)19-12-15-29-20(17-19)24(27)28/h4-5,10-12,15,17-18,23,30H,3,6-9,13-14,16H2,1-2H3,(H3,27,28)/t18-,23?,26+/m0/s1. The second-order valence-corrected chi connectivity index (χ2v) is 9.65. The molecule has 7 nitrogen and oxygen atoms in total. The molecule has 2 aromatic rings. The molecule has 1 aromatic carbocycles. The molecule has 2 aliphatic heterocycles. The normalized spacial score (nSPS) is 24.8. The molecule has 1 saturated heterocycles. The third kappa shape index (κ3) is 5.36. The Hall–Kier alpha value is -2.93. The van der Waals surface area contributed by atoms with Gasteiger partial charge in [0.05, 0.1) is 5.69 Å². The average molecular weight is 450 g/mol. The van der Waals surface area contributed by atoms with Crippen LogP contribution in [0.5, 0.6) is 5.75 Å². The number of ether oxygens (including phenoxy) is 1. The summed E-state index contributed by atoms with van der Waals surface area (Å²) in [6, 6.07) is 11.7. The zero-order chi connectivity index (χ0) is 23.4. The summed E-state index contributed by atoms with van der Waals surface area (Å²) < 4.78 is 6.09. The lowest BCUT2D eigenvalue weighted by Gasteiger charge is -2.39. The summed E-state index contributed by atoms with van der Waals surface area (Å²) in [7, 11) is 0. The van der Waals surface area contributed by atoms with Gasteiger partial charge in [0.15, 0.2) is 0 Å². The largest absolute Gasteiger partial charge is 0.474 e. The van der Waals surface area contributed by atoms with E-state index in [4.69, 9.17) is 15.9 Å². The molecule has 4 N–H and O–H groups in total. The number of hydrogen-bond acceptors (Lipinski definition) is 5. The summed E-state index contributed by atoms with van der Waals surface area (Å²) in [4.78, 5) is 19.4. The van der Waals surface area contributed by atoms with Gasteiger partial charge in [-0.3, -0.25) is 15.2 Å². The van der Waals surface area contributed by atoms with Crippen molar-refractivity contribution in [1.29, 1.82) is 5.41 Å². The fourth-order valence-corrected chi connectivity index (χ4v) is 5.11. The van der Waals surface area contributed by atoms with Gasteiger partial charge < -0.3 is 20.7 Å². The van der Waals surface area contributed by atoms with E-state index in [0.29, 0.717) is 29.6 Å². The number of fused-ring (bicyclic) bond motifs is 1. The molecule has 0 aliphatic carbocycles. The minimum atomic E-state index is -0.771. The number of nitrogens with zero attached hydrogens (tertiary/aromatic N) is 2. The van der Waals surface area contributed by atoms with Gasteiger partial charge >= 0.3 is 0 Å². The molecule has 0 spiro atoms. The molecule has 176 valence electrons. The molecule has 1 fully saturated rings. The second kappa shape index (κ2) is 9.91. The van der Waals surface area contributed by atoms with Gasteiger partial charge in [-0.05, 0) is 63.8 Å². The molecular formula is C26H35N5O2. The molecule has 1 amide bonds. The van der Waals surface area contributed by atoms with Crippen LogP contribution in [0.1, 0.15) is 76.2 Å². The summed E-state index contributed by atoms with van der Waals surface area (Å²) >= 11 is 0. The van der Waals surface area contributed by atoms with E-state index < -0.39 is 6.10 Å². The van der Waals surface area contributed by atoms with Crippen LogP contribution in [0.2, 0.25) is 0 Å². The van der Waals surface area contributed by atoms with E-state index in [9.17, 15) is 4.79 Å². The predicted octanol–water partition coefficient (Wildman–Crippen LogP) is 4.31. The summed E-state index contributed by atoms with van der Waals surface area (Å²) in [5.41, 5.74) is 7.64. The molecule has 0 bridgehead atoms. The van der Waals surface area contributed by atoms with Crippen molar-refractivity contribution in [2.24, 2.45) is 5.73 Å². The van der Waals surface area contributed by atoms with Gasteiger partial charge in [-0.15, -0.1) is 0 Å². The van der Waals surface area contributed by atoms with Crippen LogP contribution < -0.4 is 20.7 Å². The number of carbonyl (C=O) groups is 1. The highest BCUT2D eigenvalue weighted by atomic mass is 16.5. The Morgan fingerprint density at radius 1 is 1.30 bits per heavy atom. The maximum absolute atomic E-state index is 13.5. The van der Waals surface area contributed by atoms with Crippen LogP contribution in [0.25, 0.3) is 0 Å². The molecule has 1 aromatic heterocycles. The zero-order valence-corrected chi connectivity index (χ0v) is 19.6. The summed E-state index contributed by atoms with van der Waals surface area (Å²) in [6.45, 7) is 5.28. The second-order valence-electron chi connectivity index (χ2n) is 9.65. The number of carbonyl (C=O) groups excluding carboxylic acids is 1. The number of amidine groups is 1. The zero-order valence-electron chi connectivity index (χ0n) is 19.6. The van der Waals surface area contributed by atoms with Gasteiger partial charge in [0.1, 0.15) is 17.3 Å². The van der Waals surface area contributed by atoms with Crippen LogP contribution in [0.3, 0.4) is 0 Å². The first-order chi connectivity index (χ1) is 15.9. The number of pyridine rings is 1. The summed E-state index contributed by atoms with van der Waals surface area (Å²) in [5.74, 6) is 0.466. The minimum absolute atomic E-state index is 0.0934. The first-order valence-electron chi connectivity index (χ1n) is 12.0. The van der Waals surface area contributed by atoms with E-state index >= 15 is 0 Å². The van der Waals surface area contributed by atoms with Crippen LogP contribution in [-0.4, -0.2) is 34.9 Å². The van der Waals surface area contributed by atoms with Gasteiger partial charge in [-0.25, -0.2) is 0 Å². The first kappa shape index (κ1) is 23.2. The molecule has 3 heterocycles. The molecule has 33 heavy (non-hydrogen) atoms. The Morgan fingerprint density at radius 3 is 2.91 bits per heavy atom. The van der Waals surface area contributed by atoms with E-state index in [-0.39, 0.29) is 17.3 Å². The smallest absolute Gasteiger partial charge is 0.272 e. The highest BCUT2D eigenvalue weighted by Gasteiger charge is 2.35. The number of para-hydroxylation sites is 2. The van der Waals surface area contributed by atoms with E-state index in [0.717, 1.165) is 24.9 Å². The molecule has 0 saturated carbocycles. The van der Waals surface area contributed by atoms with Gasteiger partial charge in [0.2, 0.25) is 6.10 Å². The van der Waals surface area contributed by atoms with E-state index in [1.807, 2.05) is 29.2 Å². The number of nitrogens with one attached hydrogen (secondary N) is 2. The van der Waals surface area contributed by atoms with Crippen LogP contribution in [0, 0.1) is 5.41 Å². The number of anilines is 1. The Morgan fingerprint density at radius 2 is 2.12 bits per heavy atom. The lowest BCUT2D eigenvalue weighted by molar-refractivity contribution is -0.126. The van der Waals surface area contributed by atoms with Gasteiger partial charge in [0, 0.05) is 29.9 Å². The average Bonchev–Trinajstić information content (AvgIpc) is 2.79. The number of benzene rings is 1. The number of amides is 1. The quantitative estimate of drug-likeness (QED) is 0.316. The molecule has 2 aliphatic rings. The van der Waals surface area contributed by atoms with Gasteiger partial charge in [0.25, 0.3) is 5.91 Å². The third-order valence-corrected chi connectivity index (χ3v) is 6.82. The van der Waals surface area contributed by atoms with Crippen molar-refractivity contribution in [3.8, 4) is 5.75 Å². The monoisotopic (exact) mass is 449 g/mol. The van der Waals surface area contributed by atoms with Crippen LogP contribution in [-0.2, 0) is 4.79 Å². The predicted molar refractivity (Wildman–Crippen MR) is 131 cm³/mol. The maximum Gasteiger partial charge on any atom is 0.272 e. The molecule has 3 atom stereocenters. The lowest BCUT2D eigenvalue weighted by Crippen LogP contribution is -2.50. The molecule has 0 radical (unpaired) electrons. The number of rotatable bonds is 8.